The summed E-state index contributed by atoms with van der Waals surface area (Å²) in [6.45, 7) is 1.45. The first-order chi connectivity index (χ1) is 12.2. The zero-order valence-corrected chi connectivity index (χ0v) is 14.3. The van der Waals surface area contributed by atoms with Crippen molar-refractivity contribution < 1.29 is 27.4 Å². The highest BCUT2D eigenvalue weighted by molar-refractivity contribution is 6.30. The van der Waals surface area contributed by atoms with Gasteiger partial charge in [0.05, 0.1) is 6.21 Å². The van der Waals surface area contributed by atoms with Crippen LogP contribution in [-0.4, -0.2) is 25.1 Å². The lowest BCUT2D eigenvalue weighted by atomic mass is 10.2. The fourth-order valence-electron chi connectivity index (χ4n) is 1.93. The highest BCUT2D eigenvalue weighted by Crippen LogP contribution is 2.25. The maximum atomic E-state index is 12.3. The van der Waals surface area contributed by atoms with Crippen LogP contribution in [0.4, 0.5) is 13.2 Å². The number of ether oxygens (including phenoxy) is 2. The first kappa shape index (κ1) is 19.6. The minimum atomic E-state index is -4.82. The van der Waals surface area contributed by atoms with Crippen molar-refractivity contribution in [1.82, 2.24) is 5.43 Å². The molecule has 0 heterocycles. The molecule has 0 aliphatic heterocycles. The number of hydrazone groups is 1. The lowest BCUT2D eigenvalue weighted by molar-refractivity contribution is -0.274. The van der Waals surface area contributed by atoms with E-state index in [1.165, 1.54) is 18.2 Å². The predicted octanol–water partition coefficient (Wildman–Crippen LogP) is 4.08. The predicted molar refractivity (Wildman–Crippen MR) is 90.5 cm³/mol. The molecule has 1 N–H and O–H groups in total. The second-order valence-electron chi connectivity index (χ2n) is 5.08. The smallest absolute Gasteiger partial charge is 0.483 e. The summed E-state index contributed by atoms with van der Waals surface area (Å²) in [5.41, 5.74) is 2.98. The van der Waals surface area contributed by atoms with E-state index in [0.29, 0.717) is 10.8 Å². The number of carbonyl (C=O) groups is 1. The Labute approximate surface area is 152 Å². The van der Waals surface area contributed by atoms with Gasteiger partial charge in [0, 0.05) is 10.6 Å². The van der Waals surface area contributed by atoms with Crippen molar-refractivity contribution >= 4 is 23.7 Å². The van der Waals surface area contributed by atoms with E-state index >= 15 is 0 Å². The van der Waals surface area contributed by atoms with Gasteiger partial charge in [0.25, 0.3) is 5.91 Å². The maximum absolute atomic E-state index is 12.3. The lowest BCUT2D eigenvalue weighted by Gasteiger charge is -2.10. The molecule has 2 rings (SSSR count). The fraction of sp³-hybridized carbons (Fsp3) is 0.176. The Morgan fingerprint density at radius 3 is 2.65 bits per heavy atom. The topological polar surface area (TPSA) is 59.9 Å². The molecular formula is C17H14ClF3N2O3. The highest BCUT2D eigenvalue weighted by atomic mass is 35.5. The van der Waals surface area contributed by atoms with Gasteiger partial charge in [-0.05, 0) is 42.8 Å². The molecule has 2 aromatic rings. The van der Waals surface area contributed by atoms with Crippen LogP contribution in [-0.2, 0) is 4.79 Å². The number of hydrogen-bond acceptors (Lipinski definition) is 4. The Morgan fingerprint density at radius 2 is 1.96 bits per heavy atom. The Bertz CT molecular complexity index is 810. The zero-order valence-electron chi connectivity index (χ0n) is 13.5. The van der Waals surface area contributed by atoms with E-state index in [2.05, 4.69) is 15.3 Å². The van der Waals surface area contributed by atoms with Gasteiger partial charge in [0.15, 0.2) is 6.61 Å². The number of para-hydroxylation sites is 1. The van der Waals surface area contributed by atoms with E-state index < -0.39 is 18.0 Å². The van der Waals surface area contributed by atoms with Crippen LogP contribution in [0.5, 0.6) is 11.5 Å². The minimum absolute atomic E-state index is 0.0552. The molecule has 0 aromatic heterocycles. The minimum Gasteiger partial charge on any atom is -0.483 e. The Morgan fingerprint density at radius 1 is 1.23 bits per heavy atom. The molecule has 5 nitrogen and oxygen atoms in total. The number of amides is 1. The number of nitrogens with zero attached hydrogens (tertiary/aromatic N) is 1. The number of hydrogen-bond donors (Lipinski definition) is 1. The van der Waals surface area contributed by atoms with Crippen molar-refractivity contribution in [2.75, 3.05) is 6.61 Å². The second-order valence-corrected chi connectivity index (χ2v) is 5.51. The average molecular weight is 387 g/mol. The lowest BCUT2D eigenvalue weighted by Crippen LogP contribution is -2.25. The molecule has 0 unspecified atom stereocenters. The van der Waals surface area contributed by atoms with E-state index in [-0.39, 0.29) is 12.2 Å². The number of benzene rings is 2. The summed E-state index contributed by atoms with van der Waals surface area (Å²) in [5.74, 6) is -0.520. The molecule has 2 aromatic carbocycles. The SMILES string of the molecule is Cc1cc(Cl)ccc1OCC(=O)NN=Cc1ccccc1OC(F)(F)F. The van der Waals surface area contributed by atoms with Gasteiger partial charge in [-0.15, -0.1) is 13.2 Å². The van der Waals surface area contributed by atoms with Gasteiger partial charge >= 0.3 is 6.36 Å². The molecule has 0 bridgehead atoms. The van der Waals surface area contributed by atoms with E-state index in [0.717, 1.165) is 17.8 Å². The van der Waals surface area contributed by atoms with Crippen molar-refractivity contribution in [2.45, 2.75) is 13.3 Å². The molecule has 138 valence electrons. The zero-order chi connectivity index (χ0) is 19.2. The third-order valence-electron chi connectivity index (χ3n) is 3.03. The summed E-state index contributed by atoms with van der Waals surface area (Å²) in [7, 11) is 0. The maximum Gasteiger partial charge on any atom is 0.573 e. The number of rotatable bonds is 6. The normalized spacial score (nSPS) is 11.4. The number of carbonyl (C=O) groups excluding carboxylic acids is 1. The summed E-state index contributed by atoms with van der Waals surface area (Å²) < 4.78 is 46.2. The first-order valence-corrected chi connectivity index (χ1v) is 7.68. The quantitative estimate of drug-likeness (QED) is 0.601. The molecule has 0 saturated heterocycles. The van der Waals surface area contributed by atoms with Crippen molar-refractivity contribution in [2.24, 2.45) is 5.10 Å². The van der Waals surface area contributed by atoms with Crippen LogP contribution >= 0.6 is 11.6 Å². The second kappa shape index (κ2) is 8.57. The van der Waals surface area contributed by atoms with Crippen LogP contribution in [0.1, 0.15) is 11.1 Å². The van der Waals surface area contributed by atoms with Gasteiger partial charge in [-0.1, -0.05) is 23.7 Å². The van der Waals surface area contributed by atoms with Crippen LogP contribution in [0.3, 0.4) is 0 Å². The van der Waals surface area contributed by atoms with Crippen molar-refractivity contribution in [1.29, 1.82) is 0 Å². The van der Waals surface area contributed by atoms with Gasteiger partial charge in [0.2, 0.25) is 0 Å². The van der Waals surface area contributed by atoms with Crippen LogP contribution in [0.25, 0.3) is 0 Å². The first-order valence-electron chi connectivity index (χ1n) is 7.30. The Hall–Kier alpha value is -2.74. The van der Waals surface area contributed by atoms with Crippen molar-refractivity contribution in [3.63, 3.8) is 0 Å². The van der Waals surface area contributed by atoms with Gasteiger partial charge in [0.1, 0.15) is 11.5 Å². The standard InChI is InChI=1S/C17H14ClF3N2O3/c1-11-8-13(18)6-7-14(11)25-10-16(24)23-22-9-12-4-2-3-5-15(12)26-17(19,20)21/h2-9H,10H2,1H3,(H,23,24). The summed E-state index contributed by atoms with van der Waals surface area (Å²) in [5, 5.41) is 4.15. The highest BCUT2D eigenvalue weighted by Gasteiger charge is 2.31. The molecule has 0 fully saturated rings. The Balaban J connectivity index is 1.91. The molecule has 0 spiro atoms. The third-order valence-corrected chi connectivity index (χ3v) is 3.27. The molecule has 1 amide bonds. The molecule has 0 aliphatic rings. The number of nitrogens with one attached hydrogen (secondary N) is 1. The van der Waals surface area contributed by atoms with E-state index in [4.69, 9.17) is 16.3 Å². The van der Waals surface area contributed by atoms with Crippen molar-refractivity contribution in [3.8, 4) is 11.5 Å². The molecule has 0 saturated carbocycles. The number of aryl methyl sites for hydroxylation is 1. The van der Waals surface area contributed by atoms with Crippen LogP contribution in [0.15, 0.2) is 47.6 Å². The molecule has 0 radical (unpaired) electrons. The van der Waals surface area contributed by atoms with E-state index in [1.807, 2.05) is 0 Å². The summed E-state index contributed by atoms with van der Waals surface area (Å²) in [6, 6.07) is 10.3. The number of alkyl halides is 3. The largest absolute Gasteiger partial charge is 0.573 e. The Kier molecular flexibility index (Phi) is 6.46. The summed E-state index contributed by atoms with van der Waals surface area (Å²) in [6.07, 6.45) is -3.77. The molecule has 0 atom stereocenters. The van der Waals surface area contributed by atoms with Gasteiger partial charge in [-0.3, -0.25) is 4.79 Å². The number of halogens is 4. The van der Waals surface area contributed by atoms with Crippen LogP contribution in [0.2, 0.25) is 5.02 Å². The van der Waals surface area contributed by atoms with Gasteiger partial charge in [-0.25, -0.2) is 5.43 Å². The molecule has 9 heteroatoms. The van der Waals surface area contributed by atoms with E-state index in [1.54, 1.807) is 25.1 Å². The molecule has 26 heavy (non-hydrogen) atoms. The molecule has 0 aliphatic carbocycles. The summed E-state index contributed by atoms with van der Waals surface area (Å²) in [4.78, 5) is 11.7. The fourth-order valence-corrected chi connectivity index (χ4v) is 2.16. The molecular weight excluding hydrogens is 373 g/mol. The van der Waals surface area contributed by atoms with E-state index in [9.17, 15) is 18.0 Å². The third kappa shape index (κ3) is 6.29. The van der Waals surface area contributed by atoms with Crippen LogP contribution < -0.4 is 14.9 Å². The average Bonchev–Trinajstić information content (AvgIpc) is 2.54. The van der Waals surface area contributed by atoms with Gasteiger partial charge in [-0.2, -0.15) is 5.10 Å². The van der Waals surface area contributed by atoms with Crippen LogP contribution in [0, 0.1) is 6.92 Å². The van der Waals surface area contributed by atoms with Gasteiger partial charge < -0.3 is 9.47 Å². The monoisotopic (exact) mass is 386 g/mol. The summed E-state index contributed by atoms with van der Waals surface area (Å²) >= 11 is 5.82. The van der Waals surface area contributed by atoms with Crippen molar-refractivity contribution in [3.05, 3.63) is 58.6 Å².